The van der Waals surface area contributed by atoms with E-state index in [1.807, 2.05) is 25.1 Å². The number of hydrogen-bond donors (Lipinski definition) is 0. The number of fused-ring (bicyclic) bond motifs is 1. The third-order valence-corrected chi connectivity index (χ3v) is 5.08. The summed E-state index contributed by atoms with van der Waals surface area (Å²) in [7, 11) is 1.73. The zero-order valence-corrected chi connectivity index (χ0v) is 14.8. The van der Waals surface area contributed by atoms with E-state index in [-0.39, 0.29) is 5.69 Å². The largest absolute Gasteiger partial charge is 0.460 e. The zero-order chi connectivity index (χ0) is 17.4. The number of furan rings is 1. The summed E-state index contributed by atoms with van der Waals surface area (Å²) in [5.41, 5.74) is 0.919. The van der Waals surface area contributed by atoms with E-state index in [9.17, 15) is 4.79 Å². The molecule has 1 atom stereocenters. The van der Waals surface area contributed by atoms with Crippen LogP contribution < -0.4 is 5.69 Å². The maximum absolute atomic E-state index is 12.2. The fourth-order valence-corrected chi connectivity index (χ4v) is 3.87. The van der Waals surface area contributed by atoms with Gasteiger partial charge in [-0.15, -0.1) is 0 Å². The van der Waals surface area contributed by atoms with Gasteiger partial charge in [-0.25, -0.2) is 9.48 Å². The van der Waals surface area contributed by atoms with Gasteiger partial charge in [0, 0.05) is 31.4 Å². The number of benzene rings is 1. The molecule has 0 aliphatic carbocycles. The van der Waals surface area contributed by atoms with Crippen LogP contribution in [0.3, 0.4) is 0 Å². The highest BCUT2D eigenvalue weighted by atomic mass is 16.3. The lowest BCUT2D eigenvalue weighted by atomic mass is 9.97. The Labute approximate surface area is 146 Å². The van der Waals surface area contributed by atoms with Gasteiger partial charge in [-0.05, 0) is 38.4 Å². The van der Waals surface area contributed by atoms with E-state index in [0.717, 1.165) is 55.0 Å². The van der Waals surface area contributed by atoms with Crippen molar-refractivity contribution < 1.29 is 4.42 Å². The number of likely N-dealkylation sites (tertiary alicyclic amines) is 1. The van der Waals surface area contributed by atoms with E-state index in [4.69, 9.17) is 4.42 Å². The summed E-state index contributed by atoms with van der Waals surface area (Å²) in [4.78, 5) is 14.6. The first kappa shape index (κ1) is 16.1. The van der Waals surface area contributed by atoms with Crippen LogP contribution in [-0.2, 0) is 20.1 Å². The summed E-state index contributed by atoms with van der Waals surface area (Å²) in [5, 5.41) is 5.65. The van der Waals surface area contributed by atoms with Gasteiger partial charge in [-0.3, -0.25) is 9.47 Å². The fourth-order valence-electron chi connectivity index (χ4n) is 3.87. The highest BCUT2D eigenvalue weighted by Gasteiger charge is 2.27. The summed E-state index contributed by atoms with van der Waals surface area (Å²) >= 11 is 0. The second-order valence-electron chi connectivity index (χ2n) is 6.83. The first-order valence-electron chi connectivity index (χ1n) is 8.99. The minimum atomic E-state index is -0.0214. The lowest BCUT2D eigenvalue weighted by Gasteiger charge is -2.31. The highest BCUT2D eigenvalue weighted by molar-refractivity contribution is 5.77. The van der Waals surface area contributed by atoms with Crippen LogP contribution in [0.25, 0.3) is 11.0 Å². The predicted octanol–water partition coefficient (Wildman–Crippen LogP) is 2.73. The van der Waals surface area contributed by atoms with Gasteiger partial charge < -0.3 is 4.42 Å². The van der Waals surface area contributed by atoms with E-state index < -0.39 is 0 Å². The molecule has 1 aliphatic rings. The fraction of sp³-hybridized carbons (Fsp3) is 0.474. The first-order valence-corrected chi connectivity index (χ1v) is 8.99. The van der Waals surface area contributed by atoms with E-state index >= 15 is 0 Å². The topological polar surface area (TPSA) is 56.2 Å². The standard InChI is InChI=1S/C19H24N4O2/c1-3-23-18(20-21(2)19(23)24)15-8-6-10-22(12-15)13-16-11-14-7-4-5-9-17(14)25-16/h4-5,7,9,11,15H,3,6,8,10,12-13H2,1-2H3/t15-/m0/s1. The van der Waals surface area contributed by atoms with Gasteiger partial charge in [0.15, 0.2) is 0 Å². The maximum atomic E-state index is 12.2. The molecule has 0 bridgehead atoms. The molecule has 0 amide bonds. The maximum Gasteiger partial charge on any atom is 0.345 e. The molecule has 6 nitrogen and oxygen atoms in total. The van der Waals surface area contributed by atoms with Crippen LogP contribution in [-0.4, -0.2) is 32.3 Å². The molecule has 0 spiro atoms. The molecule has 6 heteroatoms. The molecule has 3 heterocycles. The number of nitrogens with zero attached hydrogens (tertiary/aromatic N) is 4. The van der Waals surface area contributed by atoms with Crippen molar-refractivity contribution in [3.8, 4) is 0 Å². The third kappa shape index (κ3) is 3.02. The van der Waals surface area contributed by atoms with E-state index in [1.165, 1.54) is 4.68 Å². The minimum absolute atomic E-state index is 0.0214. The summed E-state index contributed by atoms with van der Waals surface area (Å²) < 4.78 is 9.22. The minimum Gasteiger partial charge on any atom is -0.460 e. The van der Waals surface area contributed by atoms with Gasteiger partial charge in [-0.2, -0.15) is 5.10 Å². The van der Waals surface area contributed by atoms with Crippen molar-refractivity contribution in [3.63, 3.8) is 0 Å². The van der Waals surface area contributed by atoms with Crippen molar-refractivity contribution >= 4 is 11.0 Å². The number of piperidine rings is 1. The number of rotatable bonds is 4. The van der Waals surface area contributed by atoms with Crippen LogP contribution in [0.15, 0.2) is 39.5 Å². The van der Waals surface area contributed by atoms with Crippen LogP contribution in [0, 0.1) is 0 Å². The van der Waals surface area contributed by atoms with Crippen molar-refractivity contribution in [2.75, 3.05) is 13.1 Å². The summed E-state index contributed by atoms with van der Waals surface area (Å²) in [6.45, 7) is 5.43. The van der Waals surface area contributed by atoms with Crippen molar-refractivity contribution in [3.05, 3.63) is 52.4 Å². The van der Waals surface area contributed by atoms with Crippen molar-refractivity contribution in [1.82, 2.24) is 19.2 Å². The van der Waals surface area contributed by atoms with E-state index in [2.05, 4.69) is 22.1 Å². The van der Waals surface area contributed by atoms with Crippen LogP contribution in [0.4, 0.5) is 0 Å². The second-order valence-corrected chi connectivity index (χ2v) is 6.83. The Kier molecular flexibility index (Phi) is 4.21. The SMILES string of the molecule is CCn1c([C@H]2CCCN(Cc3cc4ccccc4o3)C2)nn(C)c1=O. The number of aromatic nitrogens is 3. The monoisotopic (exact) mass is 340 g/mol. The van der Waals surface area contributed by atoms with Crippen LogP contribution in [0.1, 0.15) is 37.3 Å². The lowest BCUT2D eigenvalue weighted by Crippen LogP contribution is -2.35. The van der Waals surface area contributed by atoms with Crippen LogP contribution in [0.2, 0.25) is 0 Å². The second kappa shape index (κ2) is 6.52. The van der Waals surface area contributed by atoms with Crippen molar-refractivity contribution in [1.29, 1.82) is 0 Å². The third-order valence-electron chi connectivity index (χ3n) is 5.08. The quantitative estimate of drug-likeness (QED) is 0.733. The molecule has 4 rings (SSSR count). The summed E-state index contributed by atoms with van der Waals surface area (Å²) in [6.07, 6.45) is 2.19. The molecule has 1 aliphatic heterocycles. The van der Waals surface area contributed by atoms with E-state index in [0.29, 0.717) is 12.5 Å². The zero-order valence-electron chi connectivity index (χ0n) is 14.8. The molecule has 0 unspecified atom stereocenters. The molecule has 1 fully saturated rings. The van der Waals surface area contributed by atoms with Crippen LogP contribution >= 0.6 is 0 Å². The predicted molar refractivity (Wildman–Crippen MR) is 96.6 cm³/mol. The average Bonchev–Trinajstić information content (AvgIpc) is 3.15. The Morgan fingerprint density at radius 1 is 1.32 bits per heavy atom. The molecule has 25 heavy (non-hydrogen) atoms. The highest BCUT2D eigenvalue weighted by Crippen LogP contribution is 2.27. The van der Waals surface area contributed by atoms with E-state index in [1.54, 1.807) is 11.6 Å². The van der Waals surface area contributed by atoms with Crippen molar-refractivity contribution in [2.45, 2.75) is 38.8 Å². The molecule has 132 valence electrons. The Balaban J connectivity index is 1.53. The number of para-hydroxylation sites is 1. The lowest BCUT2D eigenvalue weighted by molar-refractivity contribution is 0.183. The smallest absolute Gasteiger partial charge is 0.345 e. The Morgan fingerprint density at radius 3 is 2.96 bits per heavy atom. The Bertz CT molecular complexity index is 903. The van der Waals surface area contributed by atoms with Gasteiger partial charge in [0.25, 0.3) is 0 Å². The Hall–Kier alpha value is -2.34. The molecule has 2 aromatic heterocycles. The molecule has 0 N–H and O–H groups in total. The molecule has 0 saturated carbocycles. The molecule has 1 aromatic carbocycles. The van der Waals surface area contributed by atoms with Crippen molar-refractivity contribution in [2.24, 2.45) is 7.05 Å². The molecular formula is C19H24N4O2. The average molecular weight is 340 g/mol. The molecule has 0 radical (unpaired) electrons. The number of aryl methyl sites for hydroxylation is 1. The number of hydrogen-bond acceptors (Lipinski definition) is 4. The van der Waals surface area contributed by atoms with Gasteiger partial charge in [0.2, 0.25) is 0 Å². The summed E-state index contributed by atoms with van der Waals surface area (Å²) in [5.74, 6) is 2.21. The summed E-state index contributed by atoms with van der Waals surface area (Å²) in [6, 6.07) is 10.2. The van der Waals surface area contributed by atoms with Gasteiger partial charge in [0.1, 0.15) is 17.2 Å². The molecular weight excluding hydrogens is 316 g/mol. The van der Waals surface area contributed by atoms with Gasteiger partial charge in [-0.1, -0.05) is 18.2 Å². The van der Waals surface area contributed by atoms with Crippen LogP contribution in [0.5, 0.6) is 0 Å². The normalized spacial score (nSPS) is 18.9. The van der Waals surface area contributed by atoms with Gasteiger partial charge >= 0.3 is 5.69 Å². The molecule has 3 aromatic rings. The molecule has 1 saturated heterocycles. The van der Waals surface area contributed by atoms with Gasteiger partial charge in [0.05, 0.1) is 6.54 Å². The first-order chi connectivity index (χ1) is 12.2. The Morgan fingerprint density at radius 2 is 2.16 bits per heavy atom.